The third kappa shape index (κ3) is 2.88. The van der Waals surface area contributed by atoms with Crippen molar-refractivity contribution in [1.29, 1.82) is 0 Å². The van der Waals surface area contributed by atoms with Crippen molar-refractivity contribution in [2.24, 2.45) is 0 Å². The number of pyridine rings is 1. The van der Waals surface area contributed by atoms with Crippen molar-refractivity contribution in [3.05, 3.63) is 60.6 Å². The molecule has 1 aliphatic rings. The third-order valence-electron chi connectivity index (χ3n) is 5.58. The van der Waals surface area contributed by atoms with Crippen LogP contribution in [-0.2, 0) is 4.79 Å². The number of aryl methyl sites for hydroxylation is 1. The van der Waals surface area contributed by atoms with Crippen LogP contribution in [0.5, 0.6) is 0 Å². The summed E-state index contributed by atoms with van der Waals surface area (Å²) >= 11 is 0. The molecule has 0 aliphatic carbocycles. The molecule has 0 atom stereocenters. The SMILES string of the molecule is Cc1cc(-c2nnn3c2nc(N2CCN(c4cccnc4)C(=O)C2)c2ccccc23)no1. The molecule has 0 spiro atoms. The molecule has 1 saturated heterocycles. The van der Waals surface area contributed by atoms with Gasteiger partial charge in [0, 0.05) is 30.7 Å². The van der Waals surface area contributed by atoms with E-state index in [-0.39, 0.29) is 12.5 Å². The van der Waals surface area contributed by atoms with E-state index in [1.165, 1.54) is 0 Å². The van der Waals surface area contributed by atoms with E-state index in [9.17, 15) is 4.79 Å². The minimum absolute atomic E-state index is 0.00557. The summed E-state index contributed by atoms with van der Waals surface area (Å²) in [6, 6.07) is 13.4. The number of aromatic nitrogens is 6. The second-order valence-electron chi connectivity index (χ2n) is 7.63. The van der Waals surface area contributed by atoms with Gasteiger partial charge in [-0.15, -0.1) is 5.10 Å². The molecule has 10 nitrogen and oxygen atoms in total. The molecule has 5 heterocycles. The maximum atomic E-state index is 13.0. The number of anilines is 2. The lowest BCUT2D eigenvalue weighted by atomic mass is 10.2. The quantitative estimate of drug-likeness (QED) is 0.433. The summed E-state index contributed by atoms with van der Waals surface area (Å²) in [5.41, 5.74) is 3.33. The Bertz CT molecular complexity index is 1460. The van der Waals surface area contributed by atoms with E-state index in [1.807, 2.05) is 48.2 Å². The summed E-state index contributed by atoms with van der Waals surface area (Å²) in [5.74, 6) is 1.39. The fraction of sp³-hybridized carbons (Fsp3) is 0.182. The Labute approximate surface area is 182 Å². The van der Waals surface area contributed by atoms with Crippen LogP contribution in [0.25, 0.3) is 27.9 Å². The fourth-order valence-electron chi connectivity index (χ4n) is 4.07. The number of amides is 1. The minimum Gasteiger partial charge on any atom is -0.361 e. The molecule has 158 valence electrons. The lowest BCUT2D eigenvalue weighted by Crippen LogP contribution is -2.51. The molecule has 6 rings (SSSR count). The molecule has 5 aromatic rings. The normalized spacial score (nSPS) is 14.6. The number of para-hydroxylation sites is 1. The van der Waals surface area contributed by atoms with Crippen molar-refractivity contribution in [2.75, 3.05) is 29.4 Å². The molecule has 0 saturated carbocycles. The second-order valence-corrected chi connectivity index (χ2v) is 7.63. The molecule has 0 unspecified atom stereocenters. The van der Waals surface area contributed by atoms with Crippen molar-refractivity contribution < 1.29 is 9.32 Å². The van der Waals surface area contributed by atoms with Crippen LogP contribution in [0, 0.1) is 6.92 Å². The number of nitrogens with zero attached hydrogens (tertiary/aromatic N) is 8. The molecule has 1 aliphatic heterocycles. The van der Waals surface area contributed by atoms with Crippen molar-refractivity contribution >= 4 is 34.0 Å². The molecule has 32 heavy (non-hydrogen) atoms. The molecular weight excluding hydrogens is 408 g/mol. The Morgan fingerprint density at radius 3 is 2.78 bits per heavy atom. The van der Waals surface area contributed by atoms with Gasteiger partial charge < -0.3 is 14.3 Å². The van der Waals surface area contributed by atoms with Gasteiger partial charge in [-0.25, -0.2) is 4.98 Å². The smallest absolute Gasteiger partial charge is 0.246 e. The Kier molecular flexibility index (Phi) is 4.10. The van der Waals surface area contributed by atoms with Crippen molar-refractivity contribution in [1.82, 2.24) is 30.0 Å². The van der Waals surface area contributed by atoms with Gasteiger partial charge in [0.05, 0.1) is 23.9 Å². The average molecular weight is 426 g/mol. The number of carbonyl (C=O) groups is 1. The molecule has 0 bridgehead atoms. The summed E-state index contributed by atoms with van der Waals surface area (Å²) in [7, 11) is 0. The van der Waals surface area contributed by atoms with Crippen LogP contribution in [-0.4, -0.2) is 55.5 Å². The highest BCUT2D eigenvalue weighted by molar-refractivity contribution is 6.00. The number of benzene rings is 1. The van der Waals surface area contributed by atoms with Gasteiger partial charge in [-0.1, -0.05) is 22.5 Å². The molecule has 0 radical (unpaired) electrons. The maximum Gasteiger partial charge on any atom is 0.246 e. The molecule has 1 fully saturated rings. The van der Waals surface area contributed by atoms with Gasteiger partial charge in [0.15, 0.2) is 11.3 Å². The number of hydrogen-bond acceptors (Lipinski definition) is 8. The van der Waals surface area contributed by atoms with E-state index in [1.54, 1.807) is 27.9 Å². The van der Waals surface area contributed by atoms with Crippen molar-refractivity contribution in [2.45, 2.75) is 6.92 Å². The zero-order valence-electron chi connectivity index (χ0n) is 17.2. The Hall–Kier alpha value is -4.34. The van der Waals surface area contributed by atoms with Crippen LogP contribution in [0.4, 0.5) is 11.5 Å². The van der Waals surface area contributed by atoms with E-state index >= 15 is 0 Å². The molecule has 1 aromatic carbocycles. The van der Waals surface area contributed by atoms with E-state index in [0.717, 1.165) is 22.4 Å². The number of hydrogen-bond donors (Lipinski definition) is 0. The first kappa shape index (κ1) is 18.4. The highest BCUT2D eigenvalue weighted by Crippen LogP contribution is 2.30. The Morgan fingerprint density at radius 1 is 1.09 bits per heavy atom. The number of fused-ring (bicyclic) bond motifs is 3. The lowest BCUT2D eigenvalue weighted by molar-refractivity contribution is -0.117. The largest absolute Gasteiger partial charge is 0.361 e. The first-order valence-electron chi connectivity index (χ1n) is 10.2. The maximum absolute atomic E-state index is 13.0. The second kappa shape index (κ2) is 7.12. The van der Waals surface area contributed by atoms with Crippen LogP contribution in [0.1, 0.15) is 5.76 Å². The molecule has 1 amide bonds. The monoisotopic (exact) mass is 426 g/mol. The predicted molar refractivity (Wildman–Crippen MR) is 117 cm³/mol. The highest BCUT2D eigenvalue weighted by Gasteiger charge is 2.28. The summed E-state index contributed by atoms with van der Waals surface area (Å²) < 4.78 is 6.92. The summed E-state index contributed by atoms with van der Waals surface area (Å²) in [6.45, 7) is 3.21. The van der Waals surface area contributed by atoms with Crippen LogP contribution >= 0.6 is 0 Å². The number of carbonyl (C=O) groups excluding carboxylic acids is 1. The number of rotatable bonds is 3. The van der Waals surface area contributed by atoms with E-state index in [0.29, 0.717) is 35.9 Å². The fourth-order valence-corrected chi connectivity index (χ4v) is 4.07. The highest BCUT2D eigenvalue weighted by atomic mass is 16.5. The van der Waals surface area contributed by atoms with E-state index in [4.69, 9.17) is 9.51 Å². The lowest BCUT2D eigenvalue weighted by Gasteiger charge is -2.35. The van der Waals surface area contributed by atoms with Gasteiger partial charge in [-0.05, 0) is 31.2 Å². The number of piperazine rings is 1. The van der Waals surface area contributed by atoms with Gasteiger partial charge in [0.1, 0.15) is 17.3 Å². The average Bonchev–Trinajstić information content (AvgIpc) is 3.45. The van der Waals surface area contributed by atoms with E-state index < -0.39 is 0 Å². The van der Waals surface area contributed by atoms with Crippen molar-refractivity contribution in [3.8, 4) is 11.4 Å². The Morgan fingerprint density at radius 2 is 2.00 bits per heavy atom. The summed E-state index contributed by atoms with van der Waals surface area (Å²) in [6.07, 6.45) is 3.40. The van der Waals surface area contributed by atoms with Gasteiger partial charge in [-0.3, -0.25) is 9.78 Å². The first-order chi connectivity index (χ1) is 15.7. The van der Waals surface area contributed by atoms with Gasteiger partial charge in [0.2, 0.25) is 5.91 Å². The molecular formula is C22H18N8O2. The van der Waals surface area contributed by atoms with E-state index in [2.05, 4.69) is 20.5 Å². The van der Waals surface area contributed by atoms with Gasteiger partial charge in [-0.2, -0.15) is 4.52 Å². The summed E-state index contributed by atoms with van der Waals surface area (Å²) in [4.78, 5) is 25.8. The third-order valence-corrected chi connectivity index (χ3v) is 5.58. The van der Waals surface area contributed by atoms with Crippen LogP contribution in [0.2, 0.25) is 0 Å². The van der Waals surface area contributed by atoms with Crippen LogP contribution in [0.15, 0.2) is 59.4 Å². The standard InChI is InChI=1S/C22H18N8O2/c1-14-11-17(26-32-14)20-22-24-21(16-6-2-3-7-18(16)30(22)27-25-20)28-9-10-29(19(31)13-28)15-5-4-8-23-12-15/h2-8,11-12H,9-10,13H2,1H3. The minimum atomic E-state index is -0.00557. The zero-order valence-corrected chi connectivity index (χ0v) is 17.2. The molecule has 4 aromatic heterocycles. The predicted octanol–water partition coefficient (Wildman–Crippen LogP) is 2.49. The summed E-state index contributed by atoms with van der Waals surface area (Å²) in [5, 5.41) is 13.6. The van der Waals surface area contributed by atoms with Crippen LogP contribution in [0.3, 0.4) is 0 Å². The zero-order chi connectivity index (χ0) is 21.7. The molecule has 10 heteroatoms. The topological polar surface area (TPSA) is 106 Å². The first-order valence-corrected chi connectivity index (χ1v) is 10.2. The Balaban J connectivity index is 1.45. The van der Waals surface area contributed by atoms with Gasteiger partial charge >= 0.3 is 0 Å². The molecule has 0 N–H and O–H groups in total. The van der Waals surface area contributed by atoms with Crippen LogP contribution < -0.4 is 9.80 Å². The van der Waals surface area contributed by atoms with Gasteiger partial charge in [0.25, 0.3) is 0 Å². The van der Waals surface area contributed by atoms with Crippen molar-refractivity contribution in [3.63, 3.8) is 0 Å².